The van der Waals surface area contributed by atoms with Crippen LogP contribution in [0.3, 0.4) is 0 Å². The molecule has 4 nitrogen and oxygen atoms in total. The first-order valence-electron chi connectivity index (χ1n) is 8.31. The molecule has 2 rings (SSSR count). The summed E-state index contributed by atoms with van der Waals surface area (Å²) in [6.45, 7) is 0. The van der Waals surface area contributed by atoms with Gasteiger partial charge in [0.05, 0.1) is 11.2 Å². The van der Waals surface area contributed by atoms with E-state index < -0.39 is 5.97 Å². The Morgan fingerprint density at radius 1 is 1.05 bits per heavy atom. The molecule has 4 heteroatoms. The molecule has 0 bridgehead atoms. The molecule has 1 aromatic heterocycles. The third-order valence-corrected chi connectivity index (χ3v) is 4.14. The minimum absolute atomic E-state index is 0.312. The van der Waals surface area contributed by atoms with E-state index in [1.54, 1.807) is 0 Å². The number of carboxylic acid groups (broad SMARTS) is 1. The molecular weight excluding hydrogens is 276 g/mol. The van der Waals surface area contributed by atoms with Gasteiger partial charge in [0, 0.05) is 18.9 Å². The Labute approximate surface area is 132 Å². The maximum absolute atomic E-state index is 10.4. The lowest BCUT2D eigenvalue weighted by atomic mass is 10.1. The Morgan fingerprint density at radius 2 is 1.68 bits per heavy atom. The number of aliphatic carboxylic acids is 1. The molecule has 0 aliphatic rings. The van der Waals surface area contributed by atoms with E-state index in [0.29, 0.717) is 6.42 Å². The van der Waals surface area contributed by atoms with Crippen LogP contribution in [0.2, 0.25) is 0 Å². The van der Waals surface area contributed by atoms with E-state index in [0.717, 1.165) is 25.7 Å². The van der Waals surface area contributed by atoms with Crippen LogP contribution in [-0.4, -0.2) is 20.9 Å². The Bertz CT molecular complexity index is 604. The summed E-state index contributed by atoms with van der Waals surface area (Å²) in [5.41, 5.74) is 2.41. The fourth-order valence-corrected chi connectivity index (χ4v) is 2.93. The molecule has 1 N–H and O–H groups in total. The van der Waals surface area contributed by atoms with Gasteiger partial charge in [0.1, 0.15) is 0 Å². The molecular formula is C18H26N2O2. The van der Waals surface area contributed by atoms with Crippen LogP contribution < -0.4 is 0 Å². The molecule has 0 amide bonds. The number of carbonyl (C=O) groups is 1. The van der Waals surface area contributed by atoms with Gasteiger partial charge < -0.3 is 5.11 Å². The van der Waals surface area contributed by atoms with Crippen molar-refractivity contribution in [2.24, 2.45) is 7.05 Å². The molecule has 0 atom stereocenters. The zero-order valence-corrected chi connectivity index (χ0v) is 13.4. The second-order valence-electron chi connectivity index (χ2n) is 5.96. The summed E-state index contributed by atoms with van der Waals surface area (Å²) >= 11 is 0. The van der Waals surface area contributed by atoms with Crippen molar-refractivity contribution in [3.8, 4) is 0 Å². The number of fused-ring (bicyclic) bond motifs is 1. The predicted octanol–water partition coefficient (Wildman–Crippen LogP) is 4.32. The van der Waals surface area contributed by atoms with Crippen LogP contribution in [0.4, 0.5) is 0 Å². The van der Waals surface area contributed by atoms with Crippen molar-refractivity contribution in [1.82, 2.24) is 9.78 Å². The van der Waals surface area contributed by atoms with Crippen LogP contribution in [0, 0.1) is 0 Å². The van der Waals surface area contributed by atoms with Gasteiger partial charge in [-0.2, -0.15) is 5.10 Å². The number of aromatic nitrogens is 2. The second kappa shape index (κ2) is 8.57. The number of unbranched alkanes of at least 4 members (excludes halogenated alkanes) is 6. The van der Waals surface area contributed by atoms with Crippen LogP contribution >= 0.6 is 0 Å². The first kappa shape index (κ1) is 16.5. The third kappa shape index (κ3) is 4.86. The van der Waals surface area contributed by atoms with Crippen molar-refractivity contribution in [3.63, 3.8) is 0 Å². The Kier molecular flexibility index (Phi) is 6.44. The summed E-state index contributed by atoms with van der Waals surface area (Å²) in [6.07, 6.45) is 9.21. The molecule has 0 radical (unpaired) electrons. The van der Waals surface area contributed by atoms with Crippen molar-refractivity contribution in [1.29, 1.82) is 0 Å². The highest BCUT2D eigenvalue weighted by Gasteiger charge is 2.06. The standard InChI is InChI=1S/C18H26N2O2/c1-20-17-13-10-9-11-15(17)16(19-20)12-7-5-3-2-4-6-8-14-18(21)22/h9-11,13H,2-8,12,14H2,1H3,(H,21,22). The molecule has 0 saturated carbocycles. The molecule has 0 fully saturated rings. The molecule has 1 aromatic carbocycles. The topological polar surface area (TPSA) is 55.1 Å². The van der Waals surface area contributed by atoms with Crippen LogP contribution in [0.1, 0.15) is 57.1 Å². The highest BCUT2D eigenvalue weighted by Crippen LogP contribution is 2.19. The lowest BCUT2D eigenvalue weighted by Crippen LogP contribution is -1.93. The van der Waals surface area contributed by atoms with E-state index in [9.17, 15) is 4.79 Å². The Hall–Kier alpha value is -1.84. The van der Waals surface area contributed by atoms with E-state index in [-0.39, 0.29) is 0 Å². The van der Waals surface area contributed by atoms with Gasteiger partial charge in [-0.3, -0.25) is 9.48 Å². The fourth-order valence-electron chi connectivity index (χ4n) is 2.93. The number of aryl methyl sites for hydroxylation is 2. The van der Waals surface area contributed by atoms with Crippen LogP contribution in [0.15, 0.2) is 24.3 Å². The van der Waals surface area contributed by atoms with Gasteiger partial charge in [-0.05, 0) is 25.3 Å². The molecule has 2 aromatic rings. The van der Waals surface area contributed by atoms with Gasteiger partial charge in [0.25, 0.3) is 0 Å². The Morgan fingerprint density at radius 3 is 2.41 bits per heavy atom. The highest BCUT2D eigenvalue weighted by molar-refractivity contribution is 5.81. The number of rotatable bonds is 10. The lowest BCUT2D eigenvalue weighted by Gasteiger charge is -2.01. The number of benzene rings is 1. The van der Waals surface area contributed by atoms with Crippen LogP contribution in [-0.2, 0) is 18.3 Å². The number of carboxylic acids is 1. The summed E-state index contributed by atoms with van der Waals surface area (Å²) in [4.78, 5) is 10.4. The summed E-state index contributed by atoms with van der Waals surface area (Å²) in [7, 11) is 2.00. The van der Waals surface area contributed by atoms with Crippen LogP contribution in [0.5, 0.6) is 0 Å². The SMILES string of the molecule is Cn1nc(CCCCCCCCCC(=O)O)c2ccccc21. The third-order valence-electron chi connectivity index (χ3n) is 4.14. The number of hydrogen-bond donors (Lipinski definition) is 1. The lowest BCUT2D eigenvalue weighted by molar-refractivity contribution is -0.137. The molecule has 0 unspecified atom stereocenters. The largest absolute Gasteiger partial charge is 0.481 e. The zero-order chi connectivity index (χ0) is 15.8. The van der Waals surface area contributed by atoms with Crippen molar-refractivity contribution < 1.29 is 9.90 Å². The van der Waals surface area contributed by atoms with E-state index >= 15 is 0 Å². The summed E-state index contributed by atoms with van der Waals surface area (Å²) in [5.74, 6) is -0.678. The molecule has 120 valence electrons. The molecule has 0 aliphatic carbocycles. The van der Waals surface area contributed by atoms with E-state index in [2.05, 4.69) is 29.4 Å². The van der Waals surface area contributed by atoms with Gasteiger partial charge in [0.15, 0.2) is 0 Å². The average Bonchev–Trinajstić information content (AvgIpc) is 2.82. The van der Waals surface area contributed by atoms with Gasteiger partial charge in [-0.25, -0.2) is 0 Å². The smallest absolute Gasteiger partial charge is 0.303 e. The van der Waals surface area contributed by atoms with Crippen molar-refractivity contribution in [3.05, 3.63) is 30.0 Å². The molecule has 0 spiro atoms. The van der Waals surface area contributed by atoms with E-state index in [4.69, 9.17) is 5.11 Å². The van der Waals surface area contributed by atoms with Gasteiger partial charge in [-0.15, -0.1) is 0 Å². The summed E-state index contributed by atoms with van der Waals surface area (Å²) in [5, 5.41) is 14.5. The maximum Gasteiger partial charge on any atom is 0.303 e. The highest BCUT2D eigenvalue weighted by atomic mass is 16.4. The van der Waals surface area contributed by atoms with Crippen molar-refractivity contribution >= 4 is 16.9 Å². The predicted molar refractivity (Wildman–Crippen MR) is 89.0 cm³/mol. The monoisotopic (exact) mass is 302 g/mol. The summed E-state index contributed by atoms with van der Waals surface area (Å²) < 4.78 is 1.97. The summed E-state index contributed by atoms with van der Waals surface area (Å²) in [6, 6.07) is 8.39. The number of para-hydroxylation sites is 1. The van der Waals surface area contributed by atoms with Gasteiger partial charge in [-0.1, -0.05) is 50.3 Å². The minimum atomic E-state index is -0.678. The molecule has 22 heavy (non-hydrogen) atoms. The number of hydrogen-bond acceptors (Lipinski definition) is 2. The van der Waals surface area contributed by atoms with Crippen molar-refractivity contribution in [2.45, 2.75) is 57.8 Å². The van der Waals surface area contributed by atoms with Crippen molar-refractivity contribution in [2.75, 3.05) is 0 Å². The van der Waals surface area contributed by atoms with E-state index in [1.165, 1.54) is 42.3 Å². The first-order valence-corrected chi connectivity index (χ1v) is 8.31. The molecule has 0 aliphatic heterocycles. The van der Waals surface area contributed by atoms with Gasteiger partial charge in [0.2, 0.25) is 0 Å². The molecule has 1 heterocycles. The quantitative estimate of drug-likeness (QED) is 0.665. The average molecular weight is 302 g/mol. The zero-order valence-electron chi connectivity index (χ0n) is 13.4. The van der Waals surface area contributed by atoms with Crippen LogP contribution in [0.25, 0.3) is 10.9 Å². The number of nitrogens with zero attached hydrogens (tertiary/aromatic N) is 2. The maximum atomic E-state index is 10.4. The van der Waals surface area contributed by atoms with Gasteiger partial charge >= 0.3 is 5.97 Å². The van der Waals surface area contributed by atoms with E-state index in [1.807, 2.05) is 11.7 Å². The molecule has 0 saturated heterocycles. The minimum Gasteiger partial charge on any atom is -0.481 e. The first-order chi connectivity index (χ1) is 10.7. The normalized spacial score (nSPS) is 11.1. The fraction of sp³-hybridized carbons (Fsp3) is 0.556. The second-order valence-corrected chi connectivity index (χ2v) is 5.96. The Balaban J connectivity index is 1.61.